The summed E-state index contributed by atoms with van der Waals surface area (Å²) in [4.78, 5) is 0. The molecule has 0 saturated carbocycles. The Kier molecular flexibility index (Phi) is 4.21. The average Bonchev–Trinajstić information content (AvgIpc) is 2.67. The molecule has 0 aliphatic heterocycles. The van der Waals surface area contributed by atoms with Gasteiger partial charge >= 0.3 is 0 Å². The zero-order valence-electron chi connectivity index (χ0n) is 11.4. The van der Waals surface area contributed by atoms with Gasteiger partial charge in [-0.2, -0.15) is 5.10 Å². The van der Waals surface area contributed by atoms with E-state index < -0.39 is 0 Å². The minimum atomic E-state index is 0.541. The van der Waals surface area contributed by atoms with Crippen LogP contribution in [-0.4, -0.2) is 16.3 Å². The molecule has 0 aromatic carbocycles. The Balaban J connectivity index is 1.86. The summed E-state index contributed by atoms with van der Waals surface area (Å²) >= 11 is 0. The van der Waals surface area contributed by atoms with Crippen LogP contribution in [0.2, 0.25) is 0 Å². The molecule has 2 rings (SSSR count). The summed E-state index contributed by atoms with van der Waals surface area (Å²) in [5, 5.41) is 8.07. The summed E-state index contributed by atoms with van der Waals surface area (Å²) in [5.74, 6) is 0.817. The molecule has 1 aromatic heterocycles. The molecule has 0 saturated heterocycles. The van der Waals surface area contributed by atoms with Gasteiger partial charge in [0.2, 0.25) is 0 Å². The number of hydrogen-bond acceptors (Lipinski definition) is 2. The van der Waals surface area contributed by atoms with Crippen LogP contribution in [0.5, 0.6) is 0 Å². The maximum atomic E-state index is 4.38. The van der Waals surface area contributed by atoms with Crippen molar-refractivity contribution in [2.24, 2.45) is 13.0 Å². The van der Waals surface area contributed by atoms with Crippen LogP contribution in [0.1, 0.15) is 56.8 Å². The first-order valence-corrected chi connectivity index (χ1v) is 6.92. The van der Waals surface area contributed by atoms with Crippen molar-refractivity contribution in [1.82, 2.24) is 15.1 Å². The molecule has 0 spiro atoms. The molecule has 1 heterocycles. The Morgan fingerprint density at radius 2 is 2.35 bits per heavy atom. The predicted molar refractivity (Wildman–Crippen MR) is 71.0 cm³/mol. The van der Waals surface area contributed by atoms with E-state index in [4.69, 9.17) is 0 Å². The van der Waals surface area contributed by atoms with Gasteiger partial charge < -0.3 is 5.32 Å². The van der Waals surface area contributed by atoms with E-state index in [2.05, 4.69) is 37.5 Å². The normalized spacial score (nSPS) is 19.6. The lowest BCUT2D eigenvalue weighted by Gasteiger charge is -2.24. The summed E-state index contributed by atoms with van der Waals surface area (Å²) < 4.78 is 2.04. The van der Waals surface area contributed by atoms with Crippen LogP contribution in [0.15, 0.2) is 6.20 Å². The number of nitrogens with zero attached hydrogens (tertiary/aromatic N) is 2. The first kappa shape index (κ1) is 12.6. The third-order valence-electron chi connectivity index (χ3n) is 3.72. The van der Waals surface area contributed by atoms with E-state index in [0.29, 0.717) is 6.04 Å². The molecule has 0 amide bonds. The molecular formula is C14H25N3. The molecule has 1 N–H and O–H groups in total. The molecule has 1 aliphatic carbocycles. The second-order valence-electron chi connectivity index (χ2n) is 5.61. The van der Waals surface area contributed by atoms with Crippen molar-refractivity contribution >= 4 is 0 Å². The Labute approximate surface area is 105 Å². The van der Waals surface area contributed by atoms with Crippen molar-refractivity contribution in [2.75, 3.05) is 6.54 Å². The first-order chi connectivity index (χ1) is 8.18. The molecule has 1 aliphatic rings. The topological polar surface area (TPSA) is 29.9 Å². The maximum absolute atomic E-state index is 4.38. The highest BCUT2D eigenvalue weighted by Crippen LogP contribution is 2.28. The summed E-state index contributed by atoms with van der Waals surface area (Å²) in [6, 6.07) is 0.541. The van der Waals surface area contributed by atoms with E-state index in [9.17, 15) is 0 Å². The molecule has 1 aromatic rings. The Hall–Kier alpha value is -0.830. The molecule has 3 heteroatoms. The summed E-state index contributed by atoms with van der Waals surface area (Å²) in [6.07, 6.45) is 8.39. The molecule has 1 unspecified atom stereocenters. The van der Waals surface area contributed by atoms with E-state index in [1.165, 1.54) is 43.4 Å². The van der Waals surface area contributed by atoms with Gasteiger partial charge in [-0.15, -0.1) is 0 Å². The number of nitrogens with one attached hydrogen (secondary N) is 1. The largest absolute Gasteiger partial charge is 0.310 e. The minimum absolute atomic E-state index is 0.541. The van der Waals surface area contributed by atoms with Crippen LogP contribution in [0.25, 0.3) is 0 Å². The molecule has 3 nitrogen and oxygen atoms in total. The van der Waals surface area contributed by atoms with Crippen molar-refractivity contribution in [3.8, 4) is 0 Å². The fraction of sp³-hybridized carbons (Fsp3) is 0.786. The zero-order chi connectivity index (χ0) is 12.3. The molecule has 0 bridgehead atoms. The van der Waals surface area contributed by atoms with Crippen LogP contribution in [0.4, 0.5) is 0 Å². The average molecular weight is 235 g/mol. The van der Waals surface area contributed by atoms with Crippen LogP contribution in [-0.2, 0) is 13.5 Å². The Morgan fingerprint density at radius 1 is 1.53 bits per heavy atom. The van der Waals surface area contributed by atoms with Gasteiger partial charge in [0, 0.05) is 24.3 Å². The zero-order valence-corrected chi connectivity index (χ0v) is 11.4. The number of rotatable bonds is 5. The third-order valence-corrected chi connectivity index (χ3v) is 3.72. The third kappa shape index (κ3) is 3.09. The van der Waals surface area contributed by atoms with E-state index in [1.54, 1.807) is 0 Å². The van der Waals surface area contributed by atoms with Gasteiger partial charge in [0.15, 0.2) is 0 Å². The van der Waals surface area contributed by atoms with Crippen molar-refractivity contribution in [2.45, 2.75) is 52.0 Å². The molecule has 96 valence electrons. The minimum Gasteiger partial charge on any atom is -0.310 e. The first-order valence-electron chi connectivity index (χ1n) is 6.92. The van der Waals surface area contributed by atoms with Gasteiger partial charge in [-0.3, -0.25) is 4.68 Å². The second kappa shape index (κ2) is 5.67. The summed E-state index contributed by atoms with van der Waals surface area (Å²) in [6.45, 7) is 5.72. The van der Waals surface area contributed by atoms with Gasteiger partial charge in [-0.05, 0) is 44.6 Å². The van der Waals surface area contributed by atoms with E-state index in [-0.39, 0.29) is 0 Å². The van der Waals surface area contributed by atoms with Crippen LogP contribution >= 0.6 is 0 Å². The standard InChI is InChI=1S/C14H25N3/c1-11(2)6-5-9-15-13-7-4-8-14-12(13)10-16-17(14)3/h10-11,13,15H,4-9H2,1-3H3. The van der Waals surface area contributed by atoms with Crippen molar-refractivity contribution in [1.29, 1.82) is 0 Å². The highest BCUT2D eigenvalue weighted by atomic mass is 15.3. The Bertz CT molecular complexity index is 354. The van der Waals surface area contributed by atoms with Crippen LogP contribution < -0.4 is 5.32 Å². The number of aromatic nitrogens is 2. The summed E-state index contributed by atoms with van der Waals surface area (Å²) in [5.41, 5.74) is 2.86. The molecule has 17 heavy (non-hydrogen) atoms. The van der Waals surface area contributed by atoms with Crippen molar-refractivity contribution in [3.63, 3.8) is 0 Å². The lowest BCUT2D eigenvalue weighted by Crippen LogP contribution is -2.26. The van der Waals surface area contributed by atoms with Crippen molar-refractivity contribution in [3.05, 3.63) is 17.5 Å². The monoisotopic (exact) mass is 235 g/mol. The van der Waals surface area contributed by atoms with Crippen LogP contribution in [0, 0.1) is 5.92 Å². The molecule has 0 fully saturated rings. The van der Waals surface area contributed by atoms with Gasteiger partial charge in [-0.25, -0.2) is 0 Å². The highest BCUT2D eigenvalue weighted by Gasteiger charge is 2.22. The highest BCUT2D eigenvalue weighted by molar-refractivity contribution is 5.24. The van der Waals surface area contributed by atoms with Crippen molar-refractivity contribution < 1.29 is 0 Å². The van der Waals surface area contributed by atoms with E-state index in [0.717, 1.165) is 12.5 Å². The van der Waals surface area contributed by atoms with Gasteiger partial charge in [0.25, 0.3) is 0 Å². The smallest absolute Gasteiger partial charge is 0.0540 e. The molecular weight excluding hydrogens is 210 g/mol. The van der Waals surface area contributed by atoms with Gasteiger partial charge in [0.05, 0.1) is 6.20 Å². The SMILES string of the molecule is CC(C)CCCNC1CCCc2c1cnn2C. The fourth-order valence-electron chi connectivity index (χ4n) is 2.70. The predicted octanol–water partition coefficient (Wildman–Crippen LogP) is 2.82. The fourth-order valence-corrected chi connectivity index (χ4v) is 2.70. The molecule has 0 radical (unpaired) electrons. The maximum Gasteiger partial charge on any atom is 0.0540 e. The Morgan fingerprint density at radius 3 is 3.12 bits per heavy atom. The van der Waals surface area contributed by atoms with E-state index in [1.807, 2.05) is 4.68 Å². The lowest BCUT2D eigenvalue weighted by molar-refractivity contribution is 0.433. The summed E-state index contributed by atoms with van der Waals surface area (Å²) in [7, 11) is 2.06. The molecule has 1 atom stereocenters. The second-order valence-corrected chi connectivity index (χ2v) is 5.61. The van der Waals surface area contributed by atoms with Gasteiger partial charge in [0.1, 0.15) is 0 Å². The van der Waals surface area contributed by atoms with Crippen LogP contribution in [0.3, 0.4) is 0 Å². The number of hydrogen-bond donors (Lipinski definition) is 1. The lowest BCUT2D eigenvalue weighted by atomic mass is 9.93. The quantitative estimate of drug-likeness (QED) is 0.795. The van der Waals surface area contributed by atoms with Gasteiger partial charge in [-0.1, -0.05) is 13.8 Å². The number of aryl methyl sites for hydroxylation is 1. The van der Waals surface area contributed by atoms with E-state index >= 15 is 0 Å². The number of fused-ring (bicyclic) bond motifs is 1.